The first-order chi connectivity index (χ1) is 7.73. The predicted octanol–water partition coefficient (Wildman–Crippen LogP) is 2.43. The van der Waals surface area contributed by atoms with Gasteiger partial charge in [-0.25, -0.2) is 4.21 Å². The molecule has 0 bridgehead atoms. The highest BCUT2D eigenvalue weighted by atomic mass is 32.2. The van der Waals surface area contributed by atoms with Gasteiger partial charge in [-0.2, -0.15) is 0 Å². The molecule has 1 aromatic rings. The molecule has 1 atom stereocenters. The van der Waals surface area contributed by atoms with Crippen LogP contribution < -0.4 is 0 Å². The van der Waals surface area contributed by atoms with E-state index >= 15 is 0 Å². The minimum atomic E-state index is -2.84. The standard InChI is InChI=1S/C11H17NO3SSi/c1-17(2,3)12-16(15,9-11(13)14)10-7-5-4-6-8-10/h4-8H,9H2,1-3H3,(H,13,14). The van der Waals surface area contributed by atoms with E-state index in [-0.39, 0.29) is 0 Å². The van der Waals surface area contributed by atoms with Crippen LogP contribution in [-0.2, 0) is 14.5 Å². The van der Waals surface area contributed by atoms with Gasteiger partial charge in [-0.05, 0) is 31.8 Å². The minimum absolute atomic E-state index is 0.429. The molecule has 0 aliphatic heterocycles. The summed E-state index contributed by atoms with van der Waals surface area (Å²) in [6.07, 6.45) is 0. The lowest BCUT2D eigenvalue weighted by Crippen LogP contribution is -2.24. The quantitative estimate of drug-likeness (QED) is 0.855. The molecule has 0 radical (unpaired) electrons. The summed E-state index contributed by atoms with van der Waals surface area (Å²) >= 11 is 0. The molecule has 1 aromatic carbocycles. The Morgan fingerprint density at radius 2 is 1.82 bits per heavy atom. The molecule has 0 spiro atoms. The van der Waals surface area contributed by atoms with Gasteiger partial charge in [0.15, 0.2) is 8.24 Å². The van der Waals surface area contributed by atoms with Crippen molar-refractivity contribution < 1.29 is 14.1 Å². The van der Waals surface area contributed by atoms with Crippen LogP contribution in [-0.4, -0.2) is 29.3 Å². The summed E-state index contributed by atoms with van der Waals surface area (Å²) in [6.45, 7) is 5.83. The molecule has 17 heavy (non-hydrogen) atoms. The van der Waals surface area contributed by atoms with Crippen LogP contribution in [0.4, 0.5) is 0 Å². The fourth-order valence-electron chi connectivity index (χ4n) is 1.41. The van der Waals surface area contributed by atoms with E-state index in [1.54, 1.807) is 30.3 Å². The number of hydrogen-bond acceptors (Lipinski definition) is 3. The molecule has 0 fully saturated rings. The molecule has 1 N–H and O–H groups in total. The molecule has 0 saturated carbocycles. The summed E-state index contributed by atoms with van der Waals surface area (Å²) in [5, 5.41) is 8.88. The molecule has 0 saturated heterocycles. The molecule has 1 unspecified atom stereocenters. The summed E-state index contributed by atoms with van der Waals surface area (Å²) in [4.78, 5) is 11.4. The number of aliphatic carboxylic acids is 1. The van der Waals surface area contributed by atoms with E-state index in [1.165, 1.54) is 0 Å². The summed E-state index contributed by atoms with van der Waals surface area (Å²) in [6, 6.07) is 8.65. The average molecular weight is 271 g/mol. The van der Waals surface area contributed by atoms with Gasteiger partial charge in [-0.3, -0.25) is 8.82 Å². The van der Waals surface area contributed by atoms with E-state index in [2.05, 4.69) is 4.03 Å². The van der Waals surface area contributed by atoms with Crippen molar-refractivity contribution in [1.82, 2.24) is 0 Å². The fourth-order valence-corrected chi connectivity index (χ4v) is 6.71. The molecule has 0 aliphatic carbocycles. The Kier molecular flexibility index (Phi) is 4.10. The number of carboxylic acid groups (broad SMARTS) is 1. The molecule has 4 nitrogen and oxygen atoms in total. The van der Waals surface area contributed by atoms with Gasteiger partial charge in [-0.15, -0.1) is 0 Å². The van der Waals surface area contributed by atoms with E-state index in [4.69, 9.17) is 5.11 Å². The molecular weight excluding hydrogens is 254 g/mol. The monoisotopic (exact) mass is 271 g/mol. The zero-order valence-corrected chi connectivity index (χ0v) is 12.0. The van der Waals surface area contributed by atoms with Crippen molar-refractivity contribution >= 4 is 23.9 Å². The molecule has 6 heteroatoms. The Morgan fingerprint density at radius 1 is 1.29 bits per heavy atom. The Morgan fingerprint density at radius 3 is 2.24 bits per heavy atom. The van der Waals surface area contributed by atoms with Crippen LogP contribution in [0.5, 0.6) is 0 Å². The van der Waals surface area contributed by atoms with Crippen molar-refractivity contribution in [1.29, 1.82) is 0 Å². The van der Waals surface area contributed by atoms with Gasteiger partial charge in [-0.1, -0.05) is 18.2 Å². The normalized spacial score (nSPS) is 15.0. The molecule has 0 aliphatic rings. The van der Waals surface area contributed by atoms with Gasteiger partial charge in [0, 0.05) is 4.90 Å². The van der Waals surface area contributed by atoms with E-state index in [0.717, 1.165) is 0 Å². The third-order valence-corrected chi connectivity index (χ3v) is 6.87. The fraction of sp³-hybridized carbons (Fsp3) is 0.364. The van der Waals surface area contributed by atoms with Crippen LogP contribution in [0.15, 0.2) is 39.3 Å². The largest absolute Gasteiger partial charge is 0.481 e. The Balaban J connectivity index is 3.36. The summed E-state index contributed by atoms with van der Waals surface area (Å²) in [5.41, 5.74) is 0. The van der Waals surface area contributed by atoms with Crippen molar-refractivity contribution in [2.75, 3.05) is 5.75 Å². The second-order valence-corrected chi connectivity index (χ2v) is 11.9. The summed E-state index contributed by atoms with van der Waals surface area (Å²) in [5.74, 6) is -1.51. The van der Waals surface area contributed by atoms with E-state index in [9.17, 15) is 9.00 Å². The zero-order chi connectivity index (χ0) is 13.1. The number of rotatable bonds is 4. The molecular formula is C11H17NO3SSi. The van der Waals surface area contributed by atoms with Crippen LogP contribution in [0.25, 0.3) is 0 Å². The van der Waals surface area contributed by atoms with Crippen molar-refractivity contribution in [3.05, 3.63) is 30.3 Å². The third kappa shape index (κ3) is 4.31. The highest BCUT2D eigenvalue weighted by Crippen LogP contribution is 2.18. The first-order valence-corrected chi connectivity index (χ1v) is 10.4. The van der Waals surface area contributed by atoms with Gasteiger partial charge in [0.1, 0.15) is 5.75 Å². The van der Waals surface area contributed by atoms with Crippen LogP contribution in [0.3, 0.4) is 0 Å². The average Bonchev–Trinajstić information content (AvgIpc) is 2.14. The van der Waals surface area contributed by atoms with Crippen LogP contribution in [0, 0.1) is 0 Å². The first-order valence-electron chi connectivity index (χ1n) is 5.26. The maximum absolute atomic E-state index is 12.7. The lowest BCUT2D eigenvalue weighted by atomic mass is 10.4. The topological polar surface area (TPSA) is 66.7 Å². The summed E-state index contributed by atoms with van der Waals surface area (Å²) < 4.78 is 17.0. The minimum Gasteiger partial charge on any atom is -0.481 e. The Bertz CT molecular complexity index is 513. The maximum atomic E-state index is 12.7. The van der Waals surface area contributed by atoms with Gasteiger partial charge >= 0.3 is 5.97 Å². The van der Waals surface area contributed by atoms with Crippen molar-refractivity contribution in [3.8, 4) is 0 Å². The Labute approximate surface area is 103 Å². The molecule has 1 rings (SSSR count). The smallest absolute Gasteiger partial charge is 0.317 e. The highest BCUT2D eigenvalue weighted by Gasteiger charge is 2.22. The lowest BCUT2D eigenvalue weighted by Gasteiger charge is -2.15. The SMILES string of the molecule is C[Si](C)(C)N=S(=O)(CC(=O)O)c1ccccc1. The molecule has 94 valence electrons. The van der Waals surface area contributed by atoms with E-state index in [1.807, 2.05) is 19.6 Å². The van der Waals surface area contributed by atoms with Crippen molar-refractivity contribution in [2.24, 2.45) is 4.03 Å². The van der Waals surface area contributed by atoms with Gasteiger partial charge in [0.05, 0.1) is 9.73 Å². The van der Waals surface area contributed by atoms with Gasteiger partial charge < -0.3 is 5.11 Å². The Hall–Kier alpha value is -1.14. The predicted molar refractivity (Wildman–Crippen MR) is 71.1 cm³/mol. The van der Waals surface area contributed by atoms with E-state index < -0.39 is 29.7 Å². The zero-order valence-electron chi connectivity index (χ0n) is 10.2. The van der Waals surface area contributed by atoms with Crippen LogP contribution >= 0.6 is 0 Å². The van der Waals surface area contributed by atoms with Crippen LogP contribution in [0.1, 0.15) is 0 Å². The summed E-state index contributed by atoms with van der Waals surface area (Å²) in [7, 11) is -4.79. The maximum Gasteiger partial charge on any atom is 0.317 e. The molecule has 0 aromatic heterocycles. The first kappa shape index (κ1) is 13.9. The molecule has 0 heterocycles. The lowest BCUT2D eigenvalue weighted by molar-refractivity contribution is -0.134. The van der Waals surface area contributed by atoms with Gasteiger partial charge in [0.2, 0.25) is 0 Å². The van der Waals surface area contributed by atoms with Crippen LogP contribution in [0.2, 0.25) is 19.6 Å². The molecule has 0 amide bonds. The number of nitrogens with zero attached hydrogens (tertiary/aromatic N) is 1. The van der Waals surface area contributed by atoms with Crippen molar-refractivity contribution in [2.45, 2.75) is 24.5 Å². The van der Waals surface area contributed by atoms with Gasteiger partial charge in [0.25, 0.3) is 0 Å². The second-order valence-electron chi connectivity index (χ2n) is 4.75. The second kappa shape index (κ2) is 5.01. The number of carboxylic acids is 1. The number of benzene rings is 1. The number of hydrogen-bond donors (Lipinski definition) is 1. The third-order valence-electron chi connectivity index (χ3n) is 1.85. The number of carbonyl (C=O) groups is 1. The van der Waals surface area contributed by atoms with Crippen molar-refractivity contribution in [3.63, 3.8) is 0 Å². The van der Waals surface area contributed by atoms with E-state index in [0.29, 0.717) is 4.90 Å². The highest BCUT2D eigenvalue weighted by molar-refractivity contribution is 7.95.